The molecule has 0 aliphatic heterocycles. The summed E-state index contributed by atoms with van der Waals surface area (Å²) in [6.07, 6.45) is 2.41. The Morgan fingerprint density at radius 2 is 1.60 bits per heavy atom. The lowest BCUT2D eigenvalue weighted by molar-refractivity contribution is 0.198. The van der Waals surface area contributed by atoms with E-state index in [2.05, 4.69) is 18.9 Å². The van der Waals surface area contributed by atoms with Crippen LogP contribution in [0.3, 0.4) is 0 Å². The summed E-state index contributed by atoms with van der Waals surface area (Å²) in [5.41, 5.74) is 3.75. The molecule has 3 aromatic carbocycles. The van der Waals surface area contributed by atoms with E-state index in [0.717, 1.165) is 28.9 Å². The molecule has 0 bridgehead atoms. The van der Waals surface area contributed by atoms with Gasteiger partial charge in [0, 0.05) is 11.1 Å². The van der Waals surface area contributed by atoms with Crippen molar-refractivity contribution in [1.29, 1.82) is 0 Å². The van der Waals surface area contributed by atoms with Crippen molar-refractivity contribution in [2.45, 2.75) is 53.1 Å². The van der Waals surface area contributed by atoms with Crippen LogP contribution in [0.1, 0.15) is 56.7 Å². The number of hydrogen-bond donors (Lipinski definition) is 0. The Bertz CT molecular complexity index is 1580. The van der Waals surface area contributed by atoms with Crippen molar-refractivity contribution in [2.75, 3.05) is 21.3 Å². The van der Waals surface area contributed by atoms with Crippen molar-refractivity contribution in [3.8, 4) is 34.4 Å². The molecule has 0 amide bonds. The van der Waals surface area contributed by atoms with E-state index in [4.69, 9.17) is 23.9 Å². The largest absolute Gasteiger partial charge is 0.496 e. The first-order valence-electron chi connectivity index (χ1n) is 13.4. The highest BCUT2D eigenvalue weighted by Gasteiger charge is 2.19. The number of aromatic nitrogens is 2. The Morgan fingerprint density at radius 1 is 0.950 bits per heavy atom. The molecule has 8 nitrogen and oxygen atoms in total. The van der Waals surface area contributed by atoms with Crippen molar-refractivity contribution in [3.05, 3.63) is 75.6 Å². The van der Waals surface area contributed by atoms with Gasteiger partial charge in [0.2, 0.25) is 5.75 Å². The van der Waals surface area contributed by atoms with Gasteiger partial charge in [0.25, 0.3) is 5.56 Å². The van der Waals surface area contributed by atoms with Crippen LogP contribution >= 0.6 is 0 Å². The fraction of sp³-hybridized carbons (Fsp3) is 0.344. The molecule has 1 atom stereocenters. The second-order valence-electron chi connectivity index (χ2n) is 9.97. The van der Waals surface area contributed by atoms with Gasteiger partial charge in [-0.15, -0.1) is 0 Å². The molecule has 0 saturated carbocycles. The first kappa shape index (κ1) is 28.7. The molecule has 0 aliphatic carbocycles. The maximum absolute atomic E-state index is 13.8. The lowest BCUT2D eigenvalue weighted by atomic mass is 9.96. The van der Waals surface area contributed by atoms with Crippen LogP contribution in [0, 0.1) is 6.92 Å². The number of rotatable bonds is 10. The summed E-state index contributed by atoms with van der Waals surface area (Å²) in [6, 6.07) is 14.9. The van der Waals surface area contributed by atoms with Gasteiger partial charge in [-0.05, 0) is 73.7 Å². The van der Waals surface area contributed by atoms with Crippen molar-refractivity contribution in [3.63, 3.8) is 0 Å². The number of ether oxygens (including phenoxy) is 4. The molecule has 210 valence electrons. The molecule has 1 heterocycles. The predicted octanol–water partition coefficient (Wildman–Crippen LogP) is 6.58. The van der Waals surface area contributed by atoms with Crippen molar-refractivity contribution >= 4 is 17.1 Å². The standard InChI is InChI=1S/C32H37N3O5/c1-9-21(5)40-30-28(38-7)15-22(16-29(30)39-8)18-33-35-31(34-26-13-11-10-12-23(26)32(35)36)25-17-24(19(2)3)27(37-6)14-20(25)4/h10-19,21H,9H2,1-8H3/t21-/m0/s1. The molecule has 40 heavy (non-hydrogen) atoms. The third kappa shape index (κ3) is 5.66. The van der Waals surface area contributed by atoms with Crippen LogP contribution in [0.2, 0.25) is 0 Å². The third-order valence-corrected chi connectivity index (χ3v) is 6.89. The summed E-state index contributed by atoms with van der Waals surface area (Å²) < 4.78 is 24.3. The topological polar surface area (TPSA) is 84.2 Å². The van der Waals surface area contributed by atoms with E-state index in [0.29, 0.717) is 39.5 Å². The van der Waals surface area contributed by atoms with E-state index in [-0.39, 0.29) is 17.6 Å². The summed E-state index contributed by atoms with van der Waals surface area (Å²) >= 11 is 0. The summed E-state index contributed by atoms with van der Waals surface area (Å²) in [5, 5.41) is 5.13. The second-order valence-corrected chi connectivity index (χ2v) is 9.97. The van der Waals surface area contributed by atoms with E-state index < -0.39 is 0 Å². The second kappa shape index (κ2) is 12.2. The van der Waals surface area contributed by atoms with Crippen LogP contribution in [-0.4, -0.2) is 43.3 Å². The van der Waals surface area contributed by atoms with E-state index in [1.165, 1.54) is 4.68 Å². The minimum Gasteiger partial charge on any atom is -0.496 e. The summed E-state index contributed by atoms with van der Waals surface area (Å²) in [6.45, 7) is 10.2. The average molecular weight is 544 g/mol. The Balaban J connectivity index is 1.92. The maximum atomic E-state index is 13.8. The smallest absolute Gasteiger partial charge is 0.282 e. The molecule has 4 rings (SSSR count). The third-order valence-electron chi connectivity index (χ3n) is 6.89. The molecule has 4 aromatic rings. The molecule has 0 N–H and O–H groups in total. The normalized spacial score (nSPS) is 12.2. The van der Waals surface area contributed by atoms with Gasteiger partial charge in [0.15, 0.2) is 17.3 Å². The molecule has 0 spiro atoms. The Hall–Kier alpha value is -4.33. The van der Waals surface area contributed by atoms with Gasteiger partial charge in [-0.3, -0.25) is 4.79 Å². The lowest BCUT2D eigenvalue weighted by Gasteiger charge is -2.19. The van der Waals surface area contributed by atoms with Gasteiger partial charge in [-0.2, -0.15) is 9.78 Å². The maximum Gasteiger partial charge on any atom is 0.282 e. The molecule has 0 fully saturated rings. The summed E-state index contributed by atoms with van der Waals surface area (Å²) in [4.78, 5) is 18.7. The van der Waals surface area contributed by atoms with Gasteiger partial charge in [0.1, 0.15) is 5.75 Å². The van der Waals surface area contributed by atoms with Crippen LogP contribution in [0.4, 0.5) is 0 Å². The quantitative estimate of drug-likeness (QED) is 0.210. The molecule has 8 heteroatoms. The zero-order valence-corrected chi connectivity index (χ0v) is 24.4. The minimum absolute atomic E-state index is 0.0180. The monoisotopic (exact) mass is 543 g/mol. The molecule has 1 aromatic heterocycles. The summed E-state index contributed by atoms with van der Waals surface area (Å²) in [5.74, 6) is 2.99. The zero-order chi connectivity index (χ0) is 29.0. The lowest BCUT2D eigenvalue weighted by Crippen LogP contribution is -2.21. The fourth-order valence-electron chi connectivity index (χ4n) is 4.47. The SMILES string of the molecule is CC[C@H](C)Oc1c(OC)cc(C=Nn2c(-c3cc(C(C)C)c(OC)cc3C)nc3ccccc3c2=O)cc1OC. The van der Waals surface area contributed by atoms with Crippen LogP contribution in [0.15, 0.2) is 58.4 Å². The van der Waals surface area contributed by atoms with Crippen molar-refractivity contribution < 1.29 is 18.9 Å². The number of methoxy groups -OCH3 is 3. The number of hydrogen-bond acceptors (Lipinski definition) is 7. The van der Waals surface area contributed by atoms with Crippen molar-refractivity contribution in [1.82, 2.24) is 9.66 Å². The highest BCUT2D eigenvalue weighted by atomic mass is 16.5. The van der Waals surface area contributed by atoms with Gasteiger partial charge in [0.05, 0.1) is 44.6 Å². The average Bonchev–Trinajstić information content (AvgIpc) is 2.96. The van der Waals surface area contributed by atoms with Crippen molar-refractivity contribution in [2.24, 2.45) is 5.10 Å². The molecular formula is C32H37N3O5. The minimum atomic E-state index is -0.270. The number of para-hydroxylation sites is 1. The number of aryl methyl sites for hydroxylation is 1. The van der Waals surface area contributed by atoms with Gasteiger partial charge >= 0.3 is 0 Å². The number of benzene rings is 3. The number of fused-ring (bicyclic) bond motifs is 1. The Kier molecular flexibility index (Phi) is 8.77. The van der Waals surface area contributed by atoms with Gasteiger partial charge in [-0.1, -0.05) is 32.9 Å². The van der Waals surface area contributed by atoms with E-state index in [1.807, 2.05) is 51.1 Å². The van der Waals surface area contributed by atoms with Gasteiger partial charge in [-0.25, -0.2) is 4.98 Å². The molecular weight excluding hydrogens is 506 g/mol. The predicted molar refractivity (Wildman–Crippen MR) is 160 cm³/mol. The van der Waals surface area contributed by atoms with Crippen LogP contribution in [-0.2, 0) is 0 Å². The Morgan fingerprint density at radius 3 is 2.20 bits per heavy atom. The highest BCUT2D eigenvalue weighted by molar-refractivity contribution is 5.84. The van der Waals surface area contributed by atoms with Gasteiger partial charge < -0.3 is 18.9 Å². The van der Waals surface area contributed by atoms with Crippen LogP contribution < -0.4 is 24.5 Å². The molecule has 0 aliphatic rings. The first-order chi connectivity index (χ1) is 19.2. The molecule has 0 unspecified atom stereocenters. The Labute approximate surface area is 235 Å². The van der Waals surface area contributed by atoms with Crippen LogP contribution in [0.5, 0.6) is 23.0 Å². The van der Waals surface area contributed by atoms with E-state index >= 15 is 0 Å². The summed E-state index contributed by atoms with van der Waals surface area (Å²) in [7, 11) is 4.82. The van der Waals surface area contributed by atoms with E-state index in [1.54, 1.807) is 45.7 Å². The zero-order valence-electron chi connectivity index (χ0n) is 24.4. The fourth-order valence-corrected chi connectivity index (χ4v) is 4.47. The van der Waals surface area contributed by atoms with E-state index in [9.17, 15) is 4.79 Å². The highest BCUT2D eigenvalue weighted by Crippen LogP contribution is 2.39. The molecule has 0 saturated heterocycles. The number of nitrogens with zero attached hydrogens (tertiary/aromatic N) is 3. The molecule has 0 radical (unpaired) electrons. The van der Waals surface area contributed by atoms with Crippen LogP contribution in [0.25, 0.3) is 22.3 Å². The first-order valence-corrected chi connectivity index (χ1v) is 13.4.